The summed E-state index contributed by atoms with van der Waals surface area (Å²) in [7, 11) is -2.75. The van der Waals surface area contributed by atoms with Crippen molar-refractivity contribution in [3.63, 3.8) is 0 Å². The summed E-state index contributed by atoms with van der Waals surface area (Å²) in [6, 6.07) is 0. The van der Waals surface area contributed by atoms with E-state index in [1.165, 1.54) is 17.9 Å². The van der Waals surface area contributed by atoms with E-state index in [1.54, 1.807) is 6.92 Å². The molecule has 1 fully saturated rings. The van der Waals surface area contributed by atoms with Crippen molar-refractivity contribution in [1.29, 1.82) is 0 Å². The number of H-pyrrole nitrogens is 1. The van der Waals surface area contributed by atoms with Crippen LogP contribution in [-0.2, 0) is 18.2 Å². The first-order chi connectivity index (χ1) is 12.9. The molecular weight excluding hydrogens is 403 g/mol. The van der Waals surface area contributed by atoms with Crippen molar-refractivity contribution in [3.05, 3.63) is 32.6 Å². The van der Waals surface area contributed by atoms with E-state index in [0.717, 1.165) is 0 Å². The Bertz CT molecular complexity index is 789. The summed E-state index contributed by atoms with van der Waals surface area (Å²) in [4.78, 5) is 35.8. The Kier molecular flexibility index (Phi) is 7.41. The number of aromatic amines is 1. The van der Waals surface area contributed by atoms with E-state index in [0.29, 0.717) is 12.0 Å². The van der Waals surface area contributed by atoms with Crippen LogP contribution in [0.2, 0.25) is 18.1 Å². The van der Waals surface area contributed by atoms with Crippen LogP contribution in [0.5, 0.6) is 0 Å². The number of hydrogen-bond donors (Lipinski definition) is 2. The average molecular weight is 435 g/mol. The second-order valence-electron chi connectivity index (χ2n) is 8.48. The second-order valence-corrected chi connectivity index (χ2v) is 14.3. The van der Waals surface area contributed by atoms with Gasteiger partial charge in [-0.1, -0.05) is 20.8 Å². The first kappa shape index (κ1) is 23.4. The van der Waals surface area contributed by atoms with E-state index >= 15 is 0 Å². The molecule has 0 amide bonds. The Morgan fingerprint density at radius 1 is 1.39 bits per heavy atom. The lowest BCUT2D eigenvalue weighted by Crippen LogP contribution is -2.46. The van der Waals surface area contributed by atoms with Gasteiger partial charge in [-0.15, -0.1) is 0 Å². The van der Waals surface area contributed by atoms with Crippen molar-refractivity contribution in [2.45, 2.75) is 70.7 Å². The molecule has 28 heavy (non-hydrogen) atoms. The number of nitrogens with zero attached hydrogens (tertiary/aromatic N) is 1. The van der Waals surface area contributed by atoms with Crippen LogP contribution in [0.25, 0.3) is 0 Å². The van der Waals surface area contributed by atoms with Gasteiger partial charge in [-0.2, -0.15) is 0 Å². The second kappa shape index (κ2) is 8.87. The molecule has 2 rings (SSSR count). The summed E-state index contributed by atoms with van der Waals surface area (Å²) in [6.07, 6.45) is 0.532. The molecular formula is C17H31N2O7PSi. The molecule has 1 aromatic rings. The van der Waals surface area contributed by atoms with E-state index in [-0.39, 0.29) is 17.7 Å². The molecule has 0 radical (unpaired) electrons. The van der Waals surface area contributed by atoms with Gasteiger partial charge in [0.2, 0.25) is 0 Å². The fourth-order valence-electron chi connectivity index (χ4n) is 2.69. The van der Waals surface area contributed by atoms with Gasteiger partial charge in [0, 0.05) is 25.3 Å². The first-order valence-corrected chi connectivity index (χ1v) is 13.2. The monoisotopic (exact) mass is 434 g/mol. The SMILES string of the molecule is COP(O)OC[C@H]1O[C@@H](n2cc(C)c(=O)[nH]c2=O)C[C@@H]1O[Si](C)(C)C(C)(C)C. The van der Waals surface area contributed by atoms with E-state index in [4.69, 9.17) is 18.2 Å². The lowest BCUT2D eigenvalue weighted by Gasteiger charge is -2.39. The first-order valence-electron chi connectivity index (χ1n) is 9.17. The van der Waals surface area contributed by atoms with Gasteiger partial charge in [-0.3, -0.25) is 14.3 Å². The smallest absolute Gasteiger partial charge is 0.330 e. The van der Waals surface area contributed by atoms with E-state index < -0.39 is 40.5 Å². The third-order valence-electron chi connectivity index (χ3n) is 5.39. The molecule has 160 valence electrons. The summed E-state index contributed by atoms with van der Waals surface area (Å²) in [6.45, 7) is 12.4. The molecule has 0 spiro atoms. The minimum atomic E-state index is -2.11. The van der Waals surface area contributed by atoms with Gasteiger partial charge in [0.05, 0.1) is 12.7 Å². The van der Waals surface area contributed by atoms with Crippen LogP contribution < -0.4 is 11.2 Å². The lowest BCUT2D eigenvalue weighted by molar-refractivity contribution is -0.0410. The van der Waals surface area contributed by atoms with Crippen LogP contribution in [0, 0.1) is 6.92 Å². The molecule has 0 aromatic carbocycles. The molecule has 1 saturated heterocycles. The Balaban J connectivity index is 2.27. The zero-order valence-electron chi connectivity index (χ0n) is 17.5. The standard InChI is InChI=1S/C17H31N2O7PSi/c1-11-9-19(16(21)18-15(11)20)14-8-12(26-28(6,7)17(2,3)4)13(25-14)10-24-27(22)23-5/h9,12-14,22H,8,10H2,1-7H3,(H,18,20,21)/t12-,13+,14+,27?/m0/s1. The van der Waals surface area contributed by atoms with Crippen LogP contribution in [0.15, 0.2) is 15.8 Å². The topological polar surface area (TPSA) is 112 Å². The van der Waals surface area contributed by atoms with Gasteiger partial charge >= 0.3 is 14.3 Å². The molecule has 2 N–H and O–H groups in total. The summed E-state index contributed by atoms with van der Waals surface area (Å²) in [5.41, 5.74) is -0.531. The molecule has 1 unspecified atom stereocenters. The Labute approximate surface area is 167 Å². The number of hydrogen-bond acceptors (Lipinski definition) is 7. The number of ether oxygens (including phenoxy) is 1. The van der Waals surface area contributed by atoms with Gasteiger partial charge in [0.15, 0.2) is 8.32 Å². The summed E-state index contributed by atoms with van der Waals surface area (Å²) in [5, 5.41) is -0.00195. The Morgan fingerprint density at radius 2 is 2.04 bits per heavy atom. The van der Waals surface area contributed by atoms with Crippen molar-refractivity contribution in [1.82, 2.24) is 9.55 Å². The molecule has 1 aliphatic heterocycles. The predicted molar refractivity (Wildman–Crippen MR) is 109 cm³/mol. The maximum atomic E-state index is 12.3. The van der Waals surface area contributed by atoms with Gasteiger partial charge in [0.25, 0.3) is 5.56 Å². The maximum Gasteiger partial charge on any atom is 0.330 e. The van der Waals surface area contributed by atoms with Crippen molar-refractivity contribution < 1.29 is 23.1 Å². The minimum absolute atomic E-state index is 0.00195. The van der Waals surface area contributed by atoms with Crippen LogP contribution in [-0.4, -0.2) is 48.7 Å². The minimum Gasteiger partial charge on any atom is -0.411 e. The molecule has 2 heterocycles. The highest BCUT2D eigenvalue weighted by atomic mass is 31.2. The van der Waals surface area contributed by atoms with Crippen molar-refractivity contribution in [3.8, 4) is 0 Å². The zero-order chi connectivity index (χ0) is 21.3. The van der Waals surface area contributed by atoms with Gasteiger partial charge in [-0.05, 0) is 25.1 Å². The predicted octanol–water partition coefficient (Wildman–Crippen LogP) is 2.41. The molecule has 11 heteroatoms. The van der Waals surface area contributed by atoms with Gasteiger partial charge in [-0.25, -0.2) is 4.79 Å². The summed E-state index contributed by atoms with van der Waals surface area (Å²) in [5.74, 6) is 0. The van der Waals surface area contributed by atoms with Crippen LogP contribution in [0.4, 0.5) is 0 Å². The highest BCUT2D eigenvalue weighted by Gasteiger charge is 2.45. The molecule has 0 bridgehead atoms. The van der Waals surface area contributed by atoms with Crippen LogP contribution >= 0.6 is 8.60 Å². The molecule has 0 saturated carbocycles. The Morgan fingerprint density at radius 3 is 2.61 bits per heavy atom. The van der Waals surface area contributed by atoms with E-state index in [9.17, 15) is 14.5 Å². The highest BCUT2D eigenvalue weighted by molar-refractivity contribution is 7.40. The van der Waals surface area contributed by atoms with Crippen LogP contribution in [0.3, 0.4) is 0 Å². The lowest BCUT2D eigenvalue weighted by atomic mass is 10.2. The normalized spacial score (nSPS) is 24.5. The Hall–Kier alpha value is -0.873. The van der Waals surface area contributed by atoms with Gasteiger partial charge < -0.3 is 23.1 Å². The fraction of sp³-hybridized carbons (Fsp3) is 0.765. The number of aryl methyl sites for hydroxylation is 1. The maximum absolute atomic E-state index is 12.3. The molecule has 0 aliphatic carbocycles. The largest absolute Gasteiger partial charge is 0.411 e. The quantitative estimate of drug-likeness (QED) is 0.501. The number of aromatic nitrogens is 2. The molecule has 4 atom stereocenters. The number of nitrogens with one attached hydrogen (secondary N) is 1. The molecule has 1 aromatic heterocycles. The van der Waals surface area contributed by atoms with Crippen LogP contribution in [0.1, 0.15) is 39.0 Å². The zero-order valence-corrected chi connectivity index (χ0v) is 19.4. The molecule has 9 nitrogen and oxygen atoms in total. The third kappa shape index (κ3) is 5.38. The average Bonchev–Trinajstić information content (AvgIpc) is 2.96. The third-order valence-corrected chi connectivity index (χ3v) is 10.6. The van der Waals surface area contributed by atoms with E-state index in [1.807, 2.05) is 0 Å². The van der Waals surface area contributed by atoms with Crippen molar-refractivity contribution in [2.24, 2.45) is 0 Å². The summed E-state index contributed by atoms with van der Waals surface area (Å²) < 4.78 is 24.0. The highest BCUT2D eigenvalue weighted by Crippen LogP contribution is 2.42. The molecule has 1 aliphatic rings. The number of rotatable bonds is 7. The van der Waals surface area contributed by atoms with E-state index in [2.05, 4.69) is 38.8 Å². The van der Waals surface area contributed by atoms with Crippen molar-refractivity contribution >= 4 is 16.9 Å². The summed E-state index contributed by atoms with van der Waals surface area (Å²) >= 11 is 0. The van der Waals surface area contributed by atoms with Crippen molar-refractivity contribution in [2.75, 3.05) is 13.7 Å². The fourth-order valence-corrected chi connectivity index (χ4v) is 4.43. The van der Waals surface area contributed by atoms with Gasteiger partial charge in [0.1, 0.15) is 12.3 Å².